The molecule has 1 saturated heterocycles. The second kappa shape index (κ2) is 3.21. The van der Waals surface area contributed by atoms with E-state index in [-0.39, 0.29) is 0 Å². The third-order valence-electron chi connectivity index (χ3n) is 2.93. The number of nitrogens with zero attached hydrogens (tertiary/aromatic N) is 2. The highest BCUT2D eigenvalue weighted by Gasteiger charge is 2.26. The Morgan fingerprint density at radius 2 is 2.36 bits per heavy atom. The van der Waals surface area contributed by atoms with Gasteiger partial charge in [-0.05, 0) is 5.92 Å². The van der Waals surface area contributed by atoms with Crippen molar-refractivity contribution in [2.75, 3.05) is 24.5 Å². The van der Waals surface area contributed by atoms with E-state index in [2.05, 4.69) is 17.1 Å². The molecule has 76 valence electrons. The monoisotopic (exact) mass is 209 g/mol. The van der Waals surface area contributed by atoms with Crippen LogP contribution in [-0.4, -0.2) is 24.6 Å². The first-order valence-electron chi connectivity index (χ1n) is 5.27. The number of hydrogen-bond donors (Lipinski definition) is 1. The lowest BCUT2D eigenvalue weighted by Gasteiger charge is -2.36. The molecular formula is C10H15N3S. The SMILES string of the molecule is CC1CN(c2nc3c(s2)CNCC3)C1. The highest BCUT2D eigenvalue weighted by atomic mass is 32.1. The van der Waals surface area contributed by atoms with E-state index in [4.69, 9.17) is 4.98 Å². The molecule has 1 fully saturated rings. The van der Waals surface area contributed by atoms with E-state index in [0.29, 0.717) is 0 Å². The second-order valence-electron chi connectivity index (χ2n) is 4.30. The Balaban J connectivity index is 1.82. The lowest BCUT2D eigenvalue weighted by atomic mass is 10.0. The molecule has 0 aliphatic carbocycles. The zero-order chi connectivity index (χ0) is 9.54. The van der Waals surface area contributed by atoms with Crippen LogP contribution in [0.2, 0.25) is 0 Å². The van der Waals surface area contributed by atoms with E-state index < -0.39 is 0 Å². The average Bonchev–Trinajstić information content (AvgIpc) is 2.55. The Hall–Kier alpha value is -0.610. The Labute approximate surface area is 88.1 Å². The molecule has 3 nitrogen and oxygen atoms in total. The van der Waals surface area contributed by atoms with Crippen molar-refractivity contribution >= 4 is 16.5 Å². The van der Waals surface area contributed by atoms with Crippen LogP contribution in [0.25, 0.3) is 0 Å². The van der Waals surface area contributed by atoms with Crippen LogP contribution in [0.1, 0.15) is 17.5 Å². The molecule has 0 saturated carbocycles. The number of anilines is 1. The molecule has 3 heterocycles. The summed E-state index contributed by atoms with van der Waals surface area (Å²) in [5, 5.41) is 4.64. The highest BCUT2D eigenvalue weighted by molar-refractivity contribution is 7.15. The predicted octanol–water partition coefficient (Wildman–Crippen LogP) is 1.24. The summed E-state index contributed by atoms with van der Waals surface area (Å²) in [7, 11) is 0. The van der Waals surface area contributed by atoms with Gasteiger partial charge in [-0.25, -0.2) is 4.98 Å². The summed E-state index contributed by atoms with van der Waals surface area (Å²) in [6.07, 6.45) is 1.11. The fraction of sp³-hybridized carbons (Fsp3) is 0.700. The molecule has 1 aromatic heterocycles. The Kier molecular flexibility index (Phi) is 1.99. The quantitative estimate of drug-likeness (QED) is 0.754. The van der Waals surface area contributed by atoms with Gasteiger partial charge in [0.2, 0.25) is 0 Å². The van der Waals surface area contributed by atoms with Crippen LogP contribution in [0, 0.1) is 5.92 Å². The molecule has 0 spiro atoms. The van der Waals surface area contributed by atoms with Crippen molar-refractivity contribution in [1.82, 2.24) is 10.3 Å². The van der Waals surface area contributed by atoms with Crippen molar-refractivity contribution < 1.29 is 0 Å². The van der Waals surface area contributed by atoms with E-state index in [0.717, 1.165) is 25.4 Å². The van der Waals surface area contributed by atoms with E-state index in [1.165, 1.54) is 28.8 Å². The van der Waals surface area contributed by atoms with Gasteiger partial charge < -0.3 is 10.2 Å². The molecule has 1 aromatic rings. The molecule has 0 bridgehead atoms. The largest absolute Gasteiger partial charge is 0.347 e. The van der Waals surface area contributed by atoms with Gasteiger partial charge in [-0.2, -0.15) is 0 Å². The topological polar surface area (TPSA) is 28.2 Å². The summed E-state index contributed by atoms with van der Waals surface area (Å²) in [6.45, 7) is 6.80. The van der Waals surface area contributed by atoms with Crippen LogP contribution in [0.3, 0.4) is 0 Å². The van der Waals surface area contributed by atoms with Gasteiger partial charge in [0.15, 0.2) is 5.13 Å². The minimum atomic E-state index is 0.856. The molecule has 2 aliphatic rings. The smallest absolute Gasteiger partial charge is 0.185 e. The van der Waals surface area contributed by atoms with Crippen molar-refractivity contribution in [3.63, 3.8) is 0 Å². The van der Waals surface area contributed by atoms with Gasteiger partial charge in [-0.3, -0.25) is 0 Å². The summed E-state index contributed by atoms with van der Waals surface area (Å²) in [4.78, 5) is 8.56. The number of nitrogens with one attached hydrogen (secondary N) is 1. The lowest BCUT2D eigenvalue weighted by molar-refractivity contribution is 0.446. The van der Waals surface area contributed by atoms with Gasteiger partial charge in [0.1, 0.15) is 0 Å². The number of aromatic nitrogens is 1. The third kappa shape index (κ3) is 1.33. The molecule has 0 amide bonds. The first-order valence-corrected chi connectivity index (χ1v) is 6.09. The molecule has 0 aromatic carbocycles. The number of thiazole rings is 1. The van der Waals surface area contributed by atoms with Crippen molar-refractivity contribution in [3.05, 3.63) is 10.6 Å². The highest BCUT2D eigenvalue weighted by Crippen LogP contribution is 2.32. The van der Waals surface area contributed by atoms with E-state index in [9.17, 15) is 0 Å². The Morgan fingerprint density at radius 1 is 1.50 bits per heavy atom. The normalized spacial score (nSPS) is 21.9. The van der Waals surface area contributed by atoms with Gasteiger partial charge in [-0.15, -0.1) is 11.3 Å². The third-order valence-corrected chi connectivity index (χ3v) is 4.08. The van der Waals surface area contributed by atoms with E-state index >= 15 is 0 Å². The van der Waals surface area contributed by atoms with Gasteiger partial charge in [0.25, 0.3) is 0 Å². The molecule has 3 rings (SSSR count). The predicted molar refractivity (Wildman–Crippen MR) is 58.9 cm³/mol. The maximum absolute atomic E-state index is 4.71. The molecule has 1 N–H and O–H groups in total. The number of hydrogen-bond acceptors (Lipinski definition) is 4. The molecule has 4 heteroatoms. The Morgan fingerprint density at radius 3 is 3.07 bits per heavy atom. The van der Waals surface area contributed by atoms with Crippen LogP contribution < -0.4 is 10.2 Å². The van der Waals surface area contributed by atoms with E-state index in [1.54, 1.807) is 0 Å². The van der Waals surface area contributed by atoms with Crippen molar-refractivity contribution in [3.8, 4) is 0 Å². The lowest BCUT2D eigenvalue weighted by Crippen LogP contribution is -2.45. The molecule has 14 heavy (non-hydrogen) atoms. The maximum atomic E-state index is 4.71. The zero-order valence-corrected chi connectivity index (χ0v) is 9.23. The zero-order valence-electron chi connectivity index (χ0n) is 8.42. The molecule has 0 atom stereocenters. The summed E-state index contributed by atoms with van der Waals surface area (Å²) in [5.74, 6) is 0.856. The van der Waals surface area contributed by atoms with Crippen LogP contribution in [-0.2, 0) is 13.0 Å². The molecule has 0 unspecified atom stereocenters. The summed E-state index contributed by atoms with van der Waals surface area (Å²) in [5.41, 5.74) is 1.34. The van der Waals surface area contributed by atoms with Crippen molar-refractivity contribution in [2.45, 2.75) is 19.9 Å². The fourth-order valence-corrected chi connectivity index (χ4v) is 3.20. The van der Waals surface area contributed by atoms with Gasteiger partial charge in [0.05, 0.1) is 5.69 Å². The van der Waals surface area contributed by atoms with E-state index in [1.807, 2.05) is 11.3 Å². The molecule has 2 aliphatic heterocycles. The van der Waals surface area contributed by atoms with Crippen molar-refractivity contribution in [2.24, 2.45) is 5.92 Å². The summed E-state index contributed by atoms with van der Waals surface area (Å²) in [6, 6.07) is 0. The summed E-state index contributed by atoms with van der Waals surface area (Å²) < 4.78 is 0. The van der Waals surface area contributed by atoms with Crippen LogP contribution in [0.5, 0.6) is 0 Å². The van der Waals surface area contributed by atoms with Crippen LogP contribution in [0.4, 0.5) is 5.13 Å². The maximum Gasteiger partial charge on any atom is 0.185 e. The standard InChI is InChI=1S/C10H15N3S/c1-7-5-13(6-7)10-12-8-2-3-11-4-9(8)14-10/h7,11H,2-6H2,1H3. The second-order valence-corrected chi connectivity index (χ2v) is 5.37. The summed E-state index contributed by atoms with van der Waals surface area (Å²) >= 11 is 1.87. The molecule has 0 radical (unpaired) electrons. The van der Waals surface area contributed by atoms with Gasteiger partial charge >= 0.3 is 0 Å². The minimum absolute atomic E-state index is 0.856. The van der Waals surface area contributed by atoms with Gasteiger partial charge in [0, 0.05) is 37.5 Å². The van der Waals surface area contributed by atoms with Crippen LogP contribution in [0.15, 0.2) is 0 Å². The number of fused-ring (bicyclic) bond motifs is 1. The first kappa shape index (κ1) is 8.68. The Bertz CT molecular complexity index is 318. The number of rotatable bonds is 1. The average molecular weight is 209 g/mol. The fourth-order valence-electron chi connectivity index (χ4n) is 2.10. The van der Waals surface area contributed by atoms with Crippen LogP contribution >= 0.6 is 11.3 Å². The molecular weight excluding hydrogens is 194 g/mol. The van der Waals surface area contributed by atoms with Crippen molar-refractivity contribution in [1.29, 1.82) is 0 Å². The van der Waals surface area contributed by atoms with Gasteiger partial charge in [-0.1, -0.05) is 6.92 Å². The minimum Gasteiger partial charge on any atom is -0.347 e. The first-order chi connectivity index (χ1) is 6.83.